The van der Waals surface area contributed by atoms with E-state index in [0.717, 1.165) is 50.6 Å². The van der Waals surface area contributed by atoms with E-state index in [9.17, 15) is 4.39 Å². The number of aryl methyl sites for hydroxylation is 3. The fourth-order valence-electron chi connectivity index (χ4n) is 2.87. The maximum Gasteiger partial charge on any atom is 0.123 e. The molecule has 24 heavy (non-hydrogen) atoms. The molecule has 0 aliphatic carbocycles. The zero-order chi connectivity index (χ0) is 18.0. The molecule has 2 aromatic rings. The summed E-state index contributed by atoms with van der Waals surface area (Å²) in [5, 5.41) is 0. The van der Waals surface area contributed by atoms with Gasteiger partial charge in [-0.15, -0.1) is 0 Å². The third-order valence-corrected chi connectivity index (χ3v) is 4.57. The smallest absolute Gasteiger partial charge is 0.123 e. The van der Waals surface area contributed by atoms with E-state index >= 15 is 0 Å². The molecular weight excluding hydrogens is 299 g/mol. The van der Waals surface area contributed by atoms with E-state index in [4.69, 9.17) is 4.98 Å². The van der Waals surface area contributed by atoms with E-state index < -0.39 is 0 Å². The second-order valence-electron chi connectivity index (χ2n) is 6.27. The Kier molecular flexibility index (Phi) is 5.33. The van der Waals surface area contributed by atoms with Crippen molar-refractivity contribution in [1.82, 2.24) is 9.97 Å². The molecule has 0 saturated heterocycles. The first-order chi connectivity index (χ1) is 11.3. The van der Waals surface area contributed by atoms with Crippen molar-refractivity contribution in [2.75, 3.05) is 0 Å². The summed E-state index contributed by atoms with van der Waals surface area (Å²) in [5.41, 5.74) is 8.74. The average molecular weight is 324 g/mol. The van der Waals surface area contributed by atoms with Crippen molar-refractivity contribution in [2.45, 2.75) is 48.5 Å². The van der Waals surface area contributed by atoms with Gasteiger partial charge in [0.05, 0.1) is 22.8 Å². The molecule has 0 radical (unpaired) electrons. The molecule has 1 aromatic carbocycles. The van der Waals surface area contributed by atoms with Gasteiger partial charge in [-0.3, -0.25) is 4.98 Å². The van der Waals surface area contributed by atoms with Crippen molar-refractivity contribution in [3.8, 4) is 0 Å². The number of hydrogen-bond acceptors (Lipinski definition) is 2. The van der Waals surface area contributed by atoms with Gasteiger partial charge in [-0.2, -0.15) is 0 Å². The van der Waals surface area contributed by atoms with E-state index in [1.807, 2.05) is 60.6 Å². The minimum Gasteiger partial charge on any atom is -0.254 e. The molecule has 0 aliphatic rings. The molecule has 0 saturated carbocycles. The third kappa shape index (κ3) is 3.45. The Bertz CT molecular complexity index is 845. The highest BCUT2D eigenvalue weighted by Gasteiger charge is 2.14. The minimum absolute atomic E-state index is 0.222. The Hall–Kier alpha value is -2.29. The summed E-state index contributed by atoms with van der Waals surface area (Å²) >= 11 is 0. The lowest BCUT2D eigenvalue weighted by Gasteiger charge is -2.15. The third-order valence-electron chi connectivity index (χ3n) is 4.57. The average Bonchev–Trinajstić information content (AvgIpc) is 2.55. The van der Waals surface area contributed by atoms with Gasteiger partial charge in [-0.05, 0) is 88.4 Å². The molecule has 3 heteroatoms. The van der Waals surface area contributed by atoms with Crippen LogP contribution in [0.25, 0.3) is 16.7 Å². The maximum absolute atomic E-state index is 13.7. The number of benzene rings is 1. The first-order valence-electron chi connectivity index (χ1n) is 8.19. The van der Waals surface area contributed by atoms with E-state index in [-0.39, 0.29) is 5.82 Å². The van der Waals surface area contributed by atoms with Crippen LogP contribution in [-0.2, 0) is 0 Å². The minimum atomic E-state index is -0.222. The lowest BCUT2D eigenvalue weighted by molar-refractivity contribution is 0.627. The van der Waals surface area contributed by atoms with E-state index in [0.29, 0.717) is 0 Å². The molecule has 0 spiro atoms. The van der Waals surface area contributed by atoms with Crippen LogP contribution in [0, 0.1) is 26.6 Å². The zero-order valence-electron chi connectivity index (χ0n) is 15.6. The molecule has 2 rings (SSSR count). The lowest BCUT2D eigenvalue weighted by Crippen LogP contribution is -2.04. The van der Waals surface area contributed by atoms with Crippen molar-refractivity contribution >= 4 is 16.7 Å². The molecule has 1 aromatic heterocycles. The molecular formula is C21H25FN2. The standard InChI is InChI=1S/C21H25FN2/c1-8-12(2)20-16(6)23-17(7)21(24-20)15(5)14(4)19-11-18(22)10-9-13(19)3/h8-11H,1-7H3/b12-8-,15-14+. The predicted molar refractivity (Wildman–Crippen MR) is 100 cm³/mol. The second kappa shape index (κ2) is 7.08. The summed E-state index contributed by atoms with van der Waals surface area (Å²) in [5.74, 6) is -0.222. The molecule has 2 nitrogen and oxygen atoms in total. The fraction of sp³-hybridized carbons (Fsp3) is 0.333. The van der Waals surface area contributed by atoms with Crippen LogP contribution in [0.2, 0.25) is 0 Å². The highest BCUT2D eigenvalue weighted by molar-refractivity contribution is 5.89. The van der Waals surface area contributed by atoms with E-state index in [2.05, 4.69) is 4.98 Å². The van der Waals surface area contributed by atoms with Crippen LogP contribution in [0.3, 0.4) is 0 Å². The first-order valence-corrected chi connectivity index (χ1v) is 8.19. The highest BCUT2D eigenvalue weighted by Crippen LogP contribution is 2.29. The highest BCUT2D eigenvalue weighted by atomic mass is 19.1. The van der Waals surface area contributed by atoms with Gasteiger partial charge in [-0.1, -0.05) is 12.1 Å². The van der Waals surface area contributed by atoms with Crippen LogP contribution >= 0.6 is 0 Å². The number of aromatic nitrogens is 2. The maximum atomic E-state index is 13.7. The Morgan fingerprint density at radius 3 is 2.17 bits per heavy atom. The number of halogens is 1. The molecule has 0 amide bonds. The van der Waals surface area contributed by atoms with Crippen molar-refractivity contribution < 1.29 is 4.39 Å². The summed E-state index contributed by atoms with van der Waals surface area (Å²) in [7, 11) is 0. The molecule has 1 heterocycles. The quantitative estimate of drug-likeness (QED) is 0.701. The molecule has 0 fully saturated rings. The van der Waals surface area contributed by atoms with E-state index in [1.54, 1.807) is 6.07 Å². The van der Waals surface area contributed by atoms with Crippen LogP contribution in [0.4, 0.5) is 4.39 Å². The van der Waals surface area contributed by atoms with Gasteiger partial charge >= 0.3 is 0 Å². The zero-order valence-corrected chi connectivity index (χ0v) is 15.6. The molecule has 0 atom stereocenters. The SMILES string of the molecule is C/C=C(/C)c1nc(/C(C)=C(\C)c2cc(F)ccc2C)c(C)nc1C. The lowest BCUT2D eigenvalue weighted by atomic mass is 9.95. The van der Waals surface area contributed by atoms with Crippen molar-refractivity contribution in [2.24, 2.45) is 0 Å². The largest absolute Gasteiger partial charge is 0.254 e. The molecule has 126 valence electrons. The summed E-state index contributed by atoms with van der Waals surface area (Å²) in [6.45, 7) is 14.0. The van der Waals surface area contributed by atoms with Gasteiger partial charge in [0.2, 0.25) is 0 Å². The van der Waals surface area contributed by atoms with Crippen molar-refractivity contribution in [3.05, 3.63) is 64.0 Å². The van der Waals surface area contributed by atoms with Crippen molar-refractivity contribution in [1.29, 1.82) is 0 Å². The summed E-state index contributed by atoms with van der Waals surface area (Å²) in [6, 6.07) is 4.89. The van der Waals surface area contributed by atoms with Crippen LogP contribution in [0.5, 0.6) is 0 Å². The van der Waals surface area contributed by atoms with Gasteiger partial charge in [0, 0.05) is 0 Å². The number of rotatable bonds is 3. The molecule has 0 unspecified atom stereocenters. The summed E-state index contributed by atoms with van der Waals surface area (Å²) < 4.78 is 13.7. The topological polar surface area (TPSA) is 25.8 Å². The van der Waals surface area contributed by atoms with Gasteiger partial charge in [0.15, 0.2) is 0 Å². The normalized spacial score (nSPS) is 13.1. The van der Waals surface area contributed by atoms with Crippen LogP contribution in [-0.4, -0.2) is 9.97 Å². The fourth-order valence-corrected chi connectivity index (χ4v) is 2.87. The molecule has 0 aliphatic heterocycles. The number of allylic oxidation sites excluding steroid dienone is 4. The monoisotopic (exact) mass is 324 g/mol. The molecule has 0 bridgehead atoms. The van der Waals surface area contributed by atoms with Gasteiger partial charge in [0.1, 0.15) is 5.82 Å². The summed E-state index contributed by atoms with van der Waals surface area (Å²) in [6.07, 6.45) is 2.04. The van der Waals surface area contributed by atoms with Crippen LogP contribution in [0.15, 0.2) is 24.3 Å². The van der Waals surface area contributed by atoms with Gasteiger partial charge in [-0.25, -0.2) is 9.37 Å². The van der Waals surface area contributed by atoms with Crippen LogP contribution in [0.1, 0.15) is 61.6 Å². The van der Waals surface area contributed by atoms with Gasteiger partial charge in [0.25, 0.3) is 0 Å². The number of hydrogen-bond donors (Lipinski definition) is 0. The Balaban J connectivity index is 2.68. The van der Waals surface area contributed by atoms with Gasteiger partial charge < -0.3 is 0 Å². The number of nitrogens with zero attached hydrogens (tertiary/aromatic N) is 2. The molecule has 0 N–H and O–H groups in total. The van der Waals surface area contributed by atoms with Crippen LogP contribution < -0.4 is 0 Å². The summed E-state index contributed by atoms with van der Waals surface area (Å²) in [4.78, 5) is 9.53. The Labute approximate surface area is 144 Å². The van der Waals surface area contributed by atoms with E-state index in [1.165, 1.54) is 6.07 Å². The Morgan fingerprint density at radius 1 is 0.917 bits per heavy atom. The predicted octanol–water partition coefficient (Wildman–Crippen LogP) is 5.91. The van der Waals surface area contributed by atoms with Crippen molar-refractivity contribution in [3.63, 3.8) is 0 Å². The first kappa shape index (κ1) is 18.1. The Morgan fingerprint density at radius 2 is 1.54 bits per heavy atom. The second-order valence-corrected chi connectivity index (χ2v) is 6.27.